The molecule has 2 aromatic rings. The monoisotopic (exact) mass is 318 g/mol. The fourth-order valence-corrected chi connectivity index (χ4v) is 2.90. The molecule has 0 N–H and O–H groups in total. The molecule has 0 spiro atoms. The second-order valence-electron chi connectivity index (χ2n) is 6.11. The van der Waals surface area contributed by atoms with Crippen molar-refractivity contribution in [3.63, 3.8) is 0 Å². The molecule has 0 saturated heterocycles. The van der Waals surface area contributed by atoms with Gasteiger partial charge in [-0.3, -0.25) is 4.79 Å². The van der Waals surface area contributed by atoms with Crippen LogP contribution in [0.25, 0.3) is 11.1 Å². The Morgan fingerprint density at radius 2 is 2.18 bits per heavy atom. The molecule has 116 valence electrons. The first-order valence-electron chi connectivity index (χ1n) is 6.86. The summed E-state index contributed by atoms with van der Waals surface area (Å²) >= 11 is 1.25. The molecule has 6 heteroatoms. The number of aromatic nitrogens is 1. The number of fused-ring (bicyclic) bond motifs is 1. The molecule has 0 saturated carbocycles. The Labute approximate surface area is 133 Å². The molecule has 0 aliphatic rings. The van der Waals surface area contributed by atoms with E-state index in [1.165, 1.54) is 18.9 Å². The number of hydrogen-bond donors (Lipinski definition) is 0. The molecule has 1 aromatic heterocycles. The molecule has 22 heavy (non-hydrogen) atoms. The zero-order chi connectivity index (χ0) is 16.3. The lowest BCUT2D eigenvalue weighted by Crippen LogP contribution is -2.09. The third-order valence-corrected chi connectivity index (χ3v) is 4.00. The number of oxazole rings is 1. The molecular weight excluding hydrogens is 300 g/mol. The van der Waals surface area contributed by atoms with Crippen LogP contribution < -0.4 is 0 Å². The van der Waals surface area contributed by atoms with Gasteiger partial charge in [0.05, 0.1) is 23.3 Å². The number of esters is 1. The number of hydrogen-bond acceptors (Lipinski definition) is 6. The standard InChI is InChI=1S/C16H18N2O3S/c1-16(2,3)7-12-18-14-11(21-12)6-5-10(8-17)15(14)22-9-13(19)20-4/h5-6H,7,9H2,1-4H3. The Hall–Kier alpha value is -2.00. The minimum absolute atomic E-state index is 0.0538. The van der Waals surface area contributed by atoms with Crippen LogP contribution in [0.2, 0.25) is 0 Å². The summed E-state index contributed by atoms with van der Waals surface area (Å²) in [6.45, 7) is 6.32. The lowest BCUT2D eigenvalue weighted by Gasteiger charge is -2.14. The van der Waals surface area contributed by atoms with Crippen molar-refractivity contribution < 1.29 is 13.9 Å². The number of nitriles is 1. The van der Waals surface area contributed by atoms with E-state index in [4.69, 9.17) is 4.42 Å². The van der Waals surface area contributed by atoms with Gasteiger partial charge in [-0.1, -0.05) is 20.8 Å². The van der Waals surface area contributed by atoms with Crippen LogP contribution in [-0.2, 0) is 16.0 Å². The van der Waals surface area contributed by atoms with Crippen LogP contribution in [-0.4, -0.2) is 23.8 Å². The van der Waals surface area contributed by atoms with E-state index >= 15 is 0 Å². The Kier molecular flexibility index (Phi) is 4.77. The number of thioether (sulfide) groups is 1. The predicted molar refractivity (Wildman–Crippen MR) is 84.6 cm³/mol. The van der Waals surface area contributed by atoms with E-state index in [9.17, 15) is 10.1 Å². The van der Waals surface area contributed by atoms with E-state index in [0.717, 1.165) is 0 Å². The van der Waals surface area contributed by atoms with Gasteiger partial charge in [-0.05, 0) is 17.5 Å². The highest BCUT2D eigenvalue weighted by Gasteiger charge is 2.19. The third kappa shape index (κ3) is 3.80. The minimum atomic E-state index is -0.343. The molecule has 0 aliphatic carbocycles. The first-order chi connectivity index (χ1) is 10.3. The summed E-state index contributed by atoms with van der Waals surface area (Å²) in [6, 6.07) is 5.57. The number of ether oxygens (including phenoxy) is 1. The normalized spacial score (nSPS) is 11.4. The van der Waals surface area contributed by atoms with Crippen LogP contribution in [0.4, 0.5) is 0 Å². The van der Waals surface area contributed by atoms with Crippen molar-refractivity contribution in [2.75, 3.05) is 12.9 Å². The van der Waals surface area contributed by atoms with E-state index in [2.05, 4.69) is 36.6 Å². The van der Waals surface area contributed by atoms with Gasteiger partial charge in [-0.15, -0.1) is 11.8 Å². The minimum Gasteiger partial charge on any atom is -0.468 e. The number of carbonyl (C=O) groups excluding carboxylic acids is 1. The van der Waals surface area contributed by atoms with Gasteiger partial charge in [-0.25, -0.2) is 4.98 Å². The molecule has 0 unspecified atom stereocenters. The number of carbonyl (C=O) groups is 1. The number of nitrogens with zero attached hydrogens (tertiary/aromatic N) is 2. The first kappa shape index (κ1) is 16.4. The molecule has 0 aliphatic heterocycles. The van der Waals surface area contributed by atoms with Crippen molar-refractivity contribution in [3.8, 4) is 6.07 Å². The van der Waals surface area contributed by atoms with E-state index in [1.807, 2.05) is 0 Å². The molecule has 0 amide bonds. The molecule has 2 rings (SSSR count). The van der Waals surface area contributed by atoms with Crippen molar-refractivity contribution in [3.05, 3.63) is 23.6 Å². The van der Waals surface area contributed by atoms with E-state index in [0.29, 0.717) is 33.9 Å². The molecular formula is C16H18N2O3S. The van der Waals surface area contributed by atoms with Crippen molar-refractivity contribution in [2.24, 2.45) is 5.41 Å². The quantitative estimate of drug-likeness (QED) is 0.634. The number of benzene rings is 1. The lowest BCUT2D eigenvalue weighted by atomic mass is 9.92. The second kappa shape index (κ2) is 6.41. The molecule has 0 atom stereocenters. The molecule has 5 nitrogen and oxygen atoms in total. The SMILES string of the molecule is COC(=O)CSc1c(C#N)ccc2oc(CC(C)(C)C)nc12. The van der Waals surface area contributed by atoms with Gasteiger partial charge in [0.2, 0.25) is 0 Å². The molecule has 0 radical (unpaired) electrons. The average Bonchev–Trinajstić information content (AvgIpc) is 2.84. The summed E-state index contributed by atoms with van der Waals surface area (Å²) in [6.07, 6.45) is 0.699. The molecule has 0 bridgehead atoms. The summed E-state index contributed by atoms with van der Waals surface area (Å²) < 4.78 is 10.4. The van der Waals surface area contributed by atoms with Gasteiger partial charge >= 0.3 is 5.97 Å². The van der Waals surface area contributed by atoms with Crippen molar-refractivity contribution in [2.45, 2.75) is 32.1 Å². The zero-order valence-electron chi connectivity index (χ0n) is 13.1. The number of methoxy groups -OCH3 is 1. The highest BCUT2D eigenvalue weighted by Crippen LogP contribution is 2.33. The van der Waals surface area contributed by atoms with E-state index < -0.39 is 0 Å². The molecule has 1 aromatic carbocycles. The van der Waals surface area contributed by atoms with Crippen molar-refractivity contribution in [1.82, 2.24) is 4.98 Å². The fraction of sp³-hybridized carbons (Fsp3) is 0.438. The fourth-order valence-electron chi connectivity index (χ4n) is 1.97. The predicted octanol–water partition coefficient (Wildman–Crippen LogP) is 3.55. The van der Waals surface area contributed by atoms with Gasteiger partial charge in [0.15, 0.2) is 11.5 Å². The highest BCUT2D eigenvalue weighted by molar-refractivity contribution is 8.00. The van der Waals surface area contributed by atoms with Crippen LogP contribution in [0.5, 0.6) is 0 Å². The Morgan fingerprint density at radius 3 is 2.77 bits per heavy atom. The van der Waals surface area contributed by atoms with Crippen molar-refractivity contribution in [1.29, 1.82) is 5.26 Å². The van der Waals surface area contributed by atoms with Crippen LogP contribution >= 0.6 is 11.8 Å². The third-order valence-electron chi connectivity index (χ3n) is 2.92. The van der Waals surface area contributed by atoms with Gasteiger partial charge in [-0.2, -0.15) is 5.26 Å². The Bertz CT molecular complexity index is 738. The molecule has 1 heterocycles. The zero-order valence-corrected chi connectivity index (χ0v) is 13.9. The van der Waals surface area contributed by atoms with E-state index in [-0.39, 0.29) is 17.1 Å². The first-order valence-corrected chi connectivity index (χ1v) is 7.85. The summed E-state index contributed by atoms with van der Waals surface area (Å²) in [4.78, 5) is 16.5. The van der Waals surface area contributed by atoms with Gasteiger partial charge in [0.25, 0.3) is 0 Å². The summed E-state index contributed by atoms with van der Waals surface area (Å²) in [7, 11) is 1.34. The summed E-state index contributed by atoms with van der Waals surface area (Å²) in [5, 5.41) is 9.26. The van der Waals surface area contributed by atoms with Crippen molar-refractivity contribution >= 4 is 28.8 Å². The van der Waals surface area contributed by atoms with E-state index in [1.54, 1.807) is 12.1 Å². The largest absolute Gasteiger partial charge is 0.468 e. The average molecular weight is 318 g/mol. The van der Waals surface area contributed by atoms with Crippen LogP contribution in [0.15, 0.2) is 21.4 Å². The summed E-state index contributed by atoms with van der Waals surface area (Å²) in [5.74, 6) is 0.424. The Balaban J connectivity index is 2.42. The topological polar surface area (TPSA) is 76.1 Å². The van der Waals surface area contributed by atoms with Gasteiger partial charge in [0, 0.05) is 6.42 Å². The highest BCUT2D eigenvalue weighted by atomic mass is 32.2. The van der Waals surface area contributed by atoms with Crippen LogP contribution in [0.3, 0.4) is 0 Å². The van der Waals surface area contributed by atoms with Crippen LogP contribution in [0, 0.1) is 16.7 Å². The maximum atomic E-state index is 11.3. The van der Waals surface area contributed by atoms with Gasteiger partial charge < -0.3 is 9.15 Å². The second-order valence-corrected chi connectivity index (χ2v) is 7.10. The summed E-state index contributed by atoms with van der Waals surface area (Å²) in [5.41, 5.74) is 1.80. The Morgan fingerprint density at radius 1 is 1.45 bits per heavy atom. The molecule has 0 fully saturated rings. The number of rotatable bonds is 4. The maximum Gasteiger partial charge on any atom is 0.315 e. The maximum absolute atomic E-state index is 11.3. The lowest BCUT2D eigenvalue weighted by molar-refractivity contribution is -0.137. The van der Waals surface area contributed by atoms with Crippen LogP contribution in [0.1, 0.15) is 32.2 Å². The van der Waals surface area contributed by atoms with Gasteiger partial charge in [0.1, 0.15) is 11.6 Å². The smallest absolute Gasteiger partial charge is 0.315 e.